The van der Waals surface area contributed by atoms with Crippen molar-refractivity contribution in [2.24, 2.45) is 4.99 Å². The molecule has 0 aromatic carbocycles. The van der Waals surface area contributed by atoms with E-state index in [-0.39, 0.29) is 0 Å². The summed E-state index contributed by atoms with van der Waals surface area (Å²) in [5.74, 6) is 1.01. The van der Waals surface area contributed by atoms with Gasteiger partial charge in [-0.3, -0.25) is 0 Å². The predicted octanol–water partition coefficient (Wildman–Crippen LogP) is 3.49. The average Bonchev–Trinajstić information content (AvgIpc) is 3.01. The van der Waals surface area contributed by atoms with Crippen molar-refractivity contribution in [2.75, 3.05) is 40.0 Å². The van der Waals surface area contributed by atoms with E-state index in [2.05, 4.69) is 45.2 Å². The Bertz CT molecular complexity index is 502. The maximum atomic E-state index is 5.93. The van der Waals surface area contributed by atoms with E-state index < -0.39 is 0 Å². The zero-order chi connectivity index (χ0) is 17.2. The van der Waals surface area contributed by atoms with Crippen LogP contribution in [0.4, 0.5) is 0 Å². The van der Waals surface area contributed by atoms with Crippen LogP contribution in [0, 0.1) is 0 Å². The summed E-state index contributed by atoms with van der Waals surface area (Å²) in [5.41, 5.74) is 0. The number of rotatable bonds is 8. The first-order valence-corrected chi connectivity index (χ1v) is 10.2. The van der Waals surface area contributed by atoms with Crippen molar-refractivity contribution in [3.05, 3.63) is 20.8 Å². The SMILES string of the molecule is CCNC(=NCc1ccc(Br)s1)N1CCC(OCCCOC)CC1. The number of hydrogen-bond donors (Lipinski definition) is 1. The minimum atomic E-state index is 0.370. The van der Waals surface area contributed by atoms with Crippen LogP contribution >= 0.6 is 27.3 Å². The van der Waals surface area contributed by atoms with Gasteiger partial charge in [-0.05, 0) is 54.2 Å². The predicted molar refractivity (Wildman–Crippen MR) is 104 cm³/mol. The summed E-state index contributed by atoms with van der Waals surface area (Å²) >= 11 is 5.25. The Labute approximate surface area is 157 Å². The maximum Gasteiger partial charge on any atom is 0.194 e. The van der Waals surface area contributed by atoms with Crippen molar-refractivity contribution >= 4 is 33.2 Å². The van der Waals surface area contributed by atoms with Crippen LogP contribution in [-0.4, -0.2) is 56.9 Å². The number of aliphatic imine (C=N–C) groups is 1. The molecule has 1 aliphatic heterocycles. The minimum absolute atomic E-state index is 0.370. The van der Waals surface area contributed by atoms with E-state index in [1.165, 1.54) is 4.88 Å². The number of halogens is 1. The monoisotopic (exact) mass is 417 g/mol. The van der Waals surface area contributed by atoms with Gasteiger partial charge in [0.15, 0.2) is 5.96 Å². The molecule has 24 heavy (non-hydrogen) atoms. The van der Waals surface area contributed by atoms with E-state index in [0.717, 1.165) is 68.4 Å². The highest BCUT2D eigenvalue weighted by Crippen LogP contribution is 2.23. The fourth-order valence-electron chi connectivity index (χ4n) is 2.70. The quantitative estimate of drug-likeness (QED) is 0.399. The molecule has 0 amide bonds. The Morgan fingerprint density at radius 1 is 1.38 bits per heavy atom. The summed E-state index contributed by atoms with van der Waals surface area (Å²) in [7, 11) is 1.73. The second-order valence-electron chi connectivity index (χ2n) is 5.78. The summed E-state index contributed by atoms with van der Waals surface area (Å²) in [6.07, 6.45) is 3.45. The first-order valence-electron chi connectivity index (χ1n) is 8.61. The molecular weight excluding hydrogens is 390 g/mol. The molecule has 0 spiro atoms. The first kappa shape index (κ1) is 19.7. The molecule has 5 nitrogen and oxygen atoms in total. The zero-order valence-corrected chi connectivity index (χ0v) is 17.0. The van der Waals surface area contributed by atoms with Crippen molar-refractivity contribution in [1.29, 1.82) is 0 Å². The van der Waals surface area contributed by atoms with Crippen LogP contribution in [0.15, 0.2) is 20.9 Å². The van der Waals surface area contributed by atoms with Gasteiger partial charge < -0.3 is 19.7 Å². The molecule has 0 bridgehead atoms. The van der Waals surface area contributed by atoms with Gasteiger partial charge in [0.2, 0.25) is 0 Å². The lowest BCUT2D eigenvalue weighted by Crippen LogP contribution is -2.47. The minimum Gasteiger partial charge on any atom is -0.385 e. The molecule has 0 radical (unpaired) electrons. The lowest BCUT2D eigenvalue weighted by molar-refractivity contribution is 0.00990. The van der Waals surface area contributed by atoms with Gasteiger partial charge in [-0.15, -0.1) is 11.3 Å². The van der Waals surface area contributed by atoms with Crippen LogP contribution in [0.2, 0.25) is 0 Å². The van der Waals surface area contributed by atoms with Crippen LogP contribution in [0.3, 0.4) is 0 Å². The smallest absolute Gasteiger partial charge is 0.194 e. The van der Waals surface area contributed by atoms with E-state index >= 15 is 0 Å². The summed E-state index contributed by atoms with van der Waals surface area (Å²) < 4.78 is 12.1. The third-order valence-electron chi connectivity index (χ3n) is 3.94. The fourth-order valence-corrected chi connectivity index (χ4v) is 4.11. The molecule has 136 valence electrons. The molecule has 0 saturated carbocycles. The molecule has 2 rings (SSSR count). The second-order valence-corrected chi connectivity index (χ2v) is 8.33. The first-order chi connectivity index (χ1) is 11.7. The van der Waals surface area contributed by atoms with Crippen molar-refractivity contribution in [1.82, 2.24) is 10.2 Å². The van der Waals surface area contributed by atoms with Crippen molar-refractivity contribution in [2.45, 2.75) is 38.8 Å². The second kappa shape index (κ2) is 11.1. The highest BCUT2D eigenvalue weighted by Gasteiger charge is 2.21. The molecule has 0 atom stereocenters. The maximum absolute atomic E-state index is 5.93. The average molecular weight is 418 g/mol. The van der Waals surface area contributed by atoms with Gasteiger partial charge in [-0.25, -0.2) is 4.99 Å². The van der Waals surface area contributed by atoms with Gasteiger partial charge in [-0.1, -0.05) is 0 Å². The molecule has 1 aromatic heterocycles. The zero-order valence-electron chi connectivity index (χ0n) is 14.6. The van der Waals surface area contributed by atoms with Gasteiger partial charge in [0.25, 0.3) is 0 Å². The third-order valence-corrected chi connectivity index (χ3v) is 5.54. The van der Waals surface area contributed by atoms with Crippen LogP contribution < -0.4 is 5.32 Å². The van der Waals surface area contributed by atoms with E-state index in [9.17, 15) is 0 Å². The molecule has 7 heteroatoms. The van der Waals surface area contributed by atoms with E-state index in [0.29, 0.717) is 6.10 Å². The Kier molecular flexibility index (Phi) is 9.09. The van der Waals surface area contributed by atoms with Gasteiger partial charge in [0.05, 0.1) is 16.4 Å². The van der Waals surface area contributed by atoms with Crippen molar-refractivity contribution in [3.8, 4) is 0 Å². The van der Waals surface area contributed by atoms with Crippen LogP contribution in [0.5, 0.6) is 0 Å². The molecule has 0 unspecified atom stereocenters. The normalized spacial score (nSPS) is 16.6. The molecule has 1 aromatic rings. The lowest BCUT2D eigenvalue weighted by atomic mass is 10.1. The van der Waals surface area contributed by atoms with E-state index in [1.807, 2.05) is 0 Å². The summed E-state index contributed by atoms with van der Waals surface area (Å²) in [5, 5.41) is 3.42. The summed E-state index contributed by atoms with van der Waals surface area (Å²) in [4.78, 5) is 8.42. The molecule has 1 fully saturated rings. The number of nitrogens with one attached hydrogen (secondary N) is 1. The molecule has 2 heterocycles. The number of thiophene rings is 1. The van der Waals surface area contributed by atoms with E-state index in [4.69, 9.17) is 14.5 Å². The molecular formula is C17H28BrN3O2S. The number of nitrogens with zero attached hydrogens (tertiary/aromatic N) is 2. The van der Waals surface area contributed by atoms with Crippen LogP contribution in [0.25, 0.3) is 0 Å². The van der Waals surface area contributed by atoms with Crippen LogP contribution in [-0.2, 0) is 16.0 Å². The molecule has 1 N–H and O–H groups in total. The molecule has 1 aliphatic rings. The topological polar surface area (TPSA) is 46.1 Å². The molecule has 1 saturated heterocycles. The van der Waals surface area contributed by atoms with Crippen molar-refractivity contribution in [3.63, 3.8) is 0 Å². The van der Waals surface area contributed by atoms with Gasteiger partial charge >= 0.3 is 0 Å². The third kappa shape index (κ3) is 6.70. The Hall–Kier alpha value is -0.630. The summed E-state index contributed by atoms with van der Waals surface area (Å²) in [6, 6.07) is 4.21. The largest absolute Gasteiger partial charge is 0.385 e. The van der Waals surface area contributed by atoms with Gasteiger partial charge in [0, 0.05) is 44.8 Å². The lowest BCUT2D eigenvalue weighted by Gasteiger charge is -2.34. The molecule has 0 aliphatic carbocycles. The Morgan fingerprint density at radius 2 is 2.17 bits per heavy atom. The number of piperidine rings is 1. The number of methoxy groups -OCH3 is 1. The highest BCUT2D eigenvalue weighted by molar-refractivity contribution is 9.11. The van der Waals surface area contributed by atoms with Crippen LogP contribution in [0.1, 0.15) is 31.1 Å². The highest BCUT2D eigenvalue weighted by atomic mass is 79.9. The van der Waals surface area contributed by atoms with E-state index in [1.54, 1.807) is 18.4 Å². The standard InChI is InChI=1S/C17H28BrN3O2S/c1-3-19-17(20-13-15-5-6-16(18)24-15)21-9-7-14(8-10-21)23-12-4-11-22-2/h5-6,14H,3-4,7-13H2,1-2H3,(H,19,20). The Balaban J connectivity index is 1.79. The summed E-state index contributed by atoms with van der Waals surface area (Å²) in [6.45, 7) is 7.29. The van der Waals surface area contributed by atoms with Gasteiger partial charge in [-0.2, -0.15) is 0 Å². The van der Waals surface area contributed by atoms with Crippen molar-refractivity contribution < 1.29 is 9.47 Å². The number of likely N-dealkylation sites (tertiary alicyclic amines) is 1. The number of ether oxygens (including phenoxy) is 2. The fraction of sp³-hybridized carbons (Fsp3) is 0.706. The number of hydrogen-bond acceptors (Lipinski definition) is 4. The Morgan fingerprint density at radius 3 is 2.79 bits per heavy atom. The number of guanidine groups is 1. The van der Waals surface area contributed by atoms with Gasteiger partial charge in [0.1, 0.15) is 0 Å².